The molecule has 0 aromatic heterocycles. The van der Waals surface area contributed by atoms with Crippen molar-refractivity contribution in [3.63, 3.8) is 0 Å². The fraction of sp³-hybridized carbons (Fsp3) is 0.364. The zero-order valence-corrected chi connectivity index (χ0v) is 18.5. The number of rotatable bonds is 7. The second-order valence-electron chi connectivity index (χ2n) is 7.81. The van der Waals surface area contributed by atoms with Crippen LogP contribution < -0.4 is 11.1 Å². The van der Waals surface area contributed by atoms with Gasteiger partial charge in [0.05, 0.1) is 10.5 Å². The van der Waals surface area contributed by atoms with E-state index in [4.69, 9.17) is 5.73 Å². The highest BCUT2D eigenvalue weighted by molar-refractivity contribution is 7.89. The molecule has 0 unspecified atom stereocenters. The van der Waals surface area contributed by atoms with Crippen LogP contribution in [0, 0.1) is 5.92 Å². The number of nitrogens with two attached hydrogens (primary N) is 1. The van der Waals surface area contributed by atoms with Crippen molar-refractivity contribution < 1.29 is 31.2 Å². The molecule has 1 heterocycles. The highest BCUT2D eigenvalue weighted by Gasteiger charge is 2.35. The Bertz CT molecular complexity index is 1130. The molecule has 0 saturated carbocycles. The number of halogens is 3. The summed E-state index contributed by atoms with van der Waals surface area (Å²) in [5, 5.41) is 2.81. The molecule has 0 spiro atoms. The summed E-state index contributed by atoms with van der Waals surface area (Å²) >= 11 is 0. The van der Waals surface area contributed by atoms with Gasteiger partial charge in [0.2, 0.25) is 21.8 Å². The maximum Gasteiger partial charge on any atom is 0.416 e. The maximum atomic E-state index is 12.9. The summed E-state index contributed by atoms with van der Waals surface area (Å²) in [6.45, 7) is 0.415. The van der Waals surface area contributed by atoms with Gasteiger partial charge in [-0.3, -0.25) is 9.59 Å². The van der Waals surface area contributed by atoms with Gasteiger partial charge in [-0.25, -0.2) is 8.42 Å². The number of benzene rings is 2. The Morgan fingerprint density at radius 1 is 1.06 bits per heavy atom. The molecule has 0 aliphatic carbocycles. The summed E-state index contributed by atoms with van der Waals surface area (Å²) in [5.41, 5.74) is 5.45. The standard InChI is InChI=1S/C22H24F3N3O4S/c23-22(24,25)18-5-2-6-19(14-18)33(31,32)28-11-8-16(9-12-28)21(30)27-10-7-15-3-1-4-17(13-15)20(26)29/h1-6,13-14,16H,7-12H2,(H2,26,29)(H,27,30). The Balaban J connectivity index is 1.53. The van der Waals surface area contributed by atoms with Crippen LogP contribution >= 0.6 is 0 Å². The summed E-state index contributed by atoms with van der Waals surface area (Å²) in [6.07, 6.45) is -3.62. The number of piperidine rings is 1. The number of carbonyl (C=O) groups is 2. The van der Waals surface area contributed by atoms with Gasteiger partial charge >= 0.3 is 6.18 Å². The summed E-state index contributed by atoms with van der Waals surface area (Å²) in [5.74, 6) is -1.14. The summed E-state index contributed by atoms with van der Waals surface area (Å²) in [7, 11) is -4.09. The van der Waals surface area contributed by atoms with Crippen molar-refractivity contribution in [1.29, 1.82) is 0 Å². The second-order valence-corrected chi connectivity index (χ2v) is 9.75. The lowest BCUT2D eigenvalue weighted by Gasteiger charge is -2.30. The second kappa shape index (κ2) is 9.92. The lowest BCUT2D eigenvalue weighted by Crippen LogP contribution is -2.43. The number of hydrogen-bond acceptors (Lipinski definition) is 4. The molecule has 3 N–H and O–H groups in total. The Morgan fingerprint density at radius 2 is 1.73 bits per heavy atom. The minimum Gasteiger partial charge on any atom is -0.366 e. The number of nitrogens with one attached hydrogen (secondary N) is 1. The molecule has 178 valence electrons. The van der Waals surface area contributed by atoms with E-state index in [1.807, 2.05) is 6.07 Å². The molecule has 2 amide bonds. The molecule has 3 rings (SSSR count). The molecular weight excluding hydrogens is 459 g/mol. The number of hydrogen-bond donors (Lipinski definition) is 2. The fourth-order valence-corrected chi connectivity index (χ4v) is 5.21. The molecule has 0 radical (unpaired) electrons. The van der Waals surface area contributed by atoms with Gasteiger partial charge in [0, 0.05) is 31.1 Å². The molecule has 7 nitrogen and oxygen atoms in total. The highest BCUT2D eigenvalue weighted by atomic mass is 32.2. The first-order valence-corrected chi connectivity index (χ1v) is 11.8. The van der Waals surface area contributed by atoms with Crippen LogP contribution in [0.1, 0.15) is 34.3 Å². The van der Waals surface area contributed by atoms with Crippen LogP contribution in [-0.4, -0.2) is 44.2 Å². The summed E-state index contributed by atoms with van der Waals surface area (Å²) in [4.78, 5) is 23.3. The number of amides is 2. The lowest BCUT2D eigenvalue weighted by atomic mass is 9.97. The lowest BCUT2D eigenvalue weighted by molar-refractivity contribution is -0.137. The molecule has 1 saturated heterocycles. The van der Waals surface area contributed by atoms with Gasteiger partial charge in [0.25, 0.3) is 0 Å². The molecule has 2 aromatic carbocycles. The van der Waals surface area contributed by atoms with Crippen molar-refractivity contribution in [3.05, 3.63) is 65.2 Å². The number of nitrogens with zero attached hydrogens (tertiary/aromatic N) is 1. The Kier molecular flexibility index (Phi) is 7.43. The number of alkyl halides is 3. The van der Waals surface area contributed by atoms with Gasteiger partial charge in [-0.05, 0) is 55.2 Å². The number of sulfonamides is 1. The minimum atomic E-state index is -4.64. The van der Waals surface area contributed by atoms with Crippen LogP contribution in [0.5, 0.6) is 0 Å². The predicted octanol–water partition coefficient (Wildman–Crippen LogP) is 2.56. The van der Waals surface area contributed by atoms with Crippen LogP contribution in [0.3, 0.4) is 0 Å². The monoisotopic (exact) mass is 483 g/mol. The fourth-order valence-electron chi connectivity index (χ4n) is 3.69. The third kappa shape index (κ3) is 6.11. The average Bonchev–Trinajstić information content (AvgIpc) is 2.79. The van der Waals surface area contributed by atoms with E-state index in [0.29, 0.717) is 24.6 Å². The Hall–Kier alpha value is -2.92. The van der Waals surface area contributed by atoms with Crippen molar-refractivity contribution in [2.45, 2.75) is 30.3 Å². The van der Waals surface area contributed by atoms with Gasteiger partial charge in [-0.2, -0.15) is 17.5 Å². The topological polar surface area (TPSA) is 110 Å². The van der Waals surface area contributed by atoms with Crippen molar-refractivity contribution in [3.8, 4) is 0 Å². The maximum absolute atomic E-state index is 12.9. The van der Waals surface area contributed by atoms with Crippen LogP contribution in [0.15, 0.2) is 53.4 Å². The van der Waals surface area contributed by atoms with Gasteiger partial charge in [0.15, 0.2) is 0 Å². The van der Waals surface area contributed by atoms with Crippen molar-refractivity contribution in [1.82, 2.24) is 9.62 Å². The summed E-state index contributed by atoms with van der Waals surface area (Å²) < 4.78 is 65.4. The molecule has 2 aromatic rings. The van der Waals surface area contributed by atoms with E-state index in [1.54, 1.807) is 18.2 Å². The minimum absolute atomic E-state index is 0.0390. The van der Waals surface area contributed by atoms with E-state index in [1.165, 1.54) is 0 Å². The molecule has 1 aliphatic rings. The third-order valence-corrected chi connectivity index (χ3v) is 7.44. The third-order valence-electron chi connectivity index (χ3n) is 5.55. The first kappa shape index (κ1) is 24.7. The van der Waals surface area contributed by atoms with E-state index >= 15 is 0 Å². The van der Waals surface area contributed by atoms with Gasteiger partial charge in [-0.1, -0.05) is 18.2 Å². The van der Waals surface area contributed by atoms with Crippen LogP contribution in [0.2, 0.25) is 0 Å². The predicted molar refractivity (Wildman–Crippen MR) is 115 cm³/mol. The largest absolute Gasteiger partial charge is 0.416 e. The number of primary amides is 1. The zero-order chi connectivity index (χ0) is 24.2. The molecule has 1 fully saturated rings. The molecular formula is C22H24F3N3O4S. The van der Waals surface area contributed by atoms with Crippen molar-refractivity contribution in [2.24, 2.45) is 11.7 Å². The summed E-state index contributed by atoms with van der Waals surface area (Å²) in [6, 6.07) is 10.4. The quantitative estimate of drug-likeness (QED) is 0.631. The SMILES string of the molecule is NC(=O)c1cccc(CCNC(=O)C2CCN(S(=O)(=O)c3cccc(C(F)(F)F)c3)CC2)c1. The molecule has 1 aliphatic heterocycles. The highest BCUT2D eigenvalue weighted by Crippen LogP contribution is 2.32. The molecule has 0 bridgehead atoms. The van der Waals surface area contributed by atoms with Crippen molar-refractivity contribution in [2.75, 3.05) is 19.6 Å². The van der Waals surface area contributed by atoms with E-state index in [9.17, 15) is 31.2 Å². The smallest absolute Gasteiger partial charge is 0.366 e. The number of carbonyl (C=O) groups excluding carboxylic acids is 2. The van der Waals surface area contributed by atoms with E-state index in [0.717, 1.165) is 28.1 Å². The van der Waals surface area contributed by atoms with Gasteiger partial charge < -0.3 is 11.1 Å². The van der Waals surface area contributed by atoms with Crippen LogP contribution in [0.4, 0.5) is 13.2 Å². The zero-order valence-electron chi connectivity index (χ0n) is 17.6. The average molecular weight is 484 g/mol. The van der Waals surface area contributed by atoms with Gasteiger partial charge in [0.1, 0.15) is 0 Å². The molecule has 0 atom stereocenters. The first-order chi connectivity index (χ1) is 15.5. The van der Waals surface area contributed by atoms with Crippen LogP contribution in [-0.2, 0) is 27.4 Å². The molecule has 11 heteroatoms. The van der Waals surface area contributed by atoms with Gasteiger partial charge in [-0.15, -0.1) is 0 Å². The van der Waals surface area contributed by atoms with E-state index < -0.39 is 38.5 Å². The molecule has 33 heavy (non-hydrogen) atoms. The van der Waals surface area contributed by atoms with E-state index in [2.05, 4.69) is 5.32 Å². The van der Waals surface area contributed by atoms with Crippen LogP contribution in [0.25, 0.3) is 0 Å². The normalized spacial score (nSPS) is 15.8. The first-order valence-electron chi connectivity index (χ1n) is 10.3. The Morgan fingerprint density at radius 3 is 2.36 bits per heavy atom. The van der Waals surface area contributed by atoms with Crippen molar-refractivity contribution >= 4 is 21.8 Å². The van der Waals surface area contributed by atoms with E-state index in [-0.39, 0.29) is 31.8 Å². The Labute approximate surface area is 189 Å².